The lowest BCUT2D eigenvalue weighted by atomic mass is 9.86. The Morgan fingerprint density at radius 2 is 0.857 bits per heavy atom. The van der Waals surface area contributed by atoms with Gasteiger partial charge in [-0.1, -0.05) is 36.4 Å². The molecule has 0 saturated carbocycles. The number of benzene rings is 2. The zero-order chi connectivity index (χ0) is 20.8. The molecule has 0 radical (unpaired) electrons. The molecule has 2 aromatic carbocycles. The predicted octanol–water partition coefficient (Wildman–Crippen LogP) is 1.86. The van der Waals surface area contributed by atoms with Crippen LogP contribution >= 0.6 is 0 Å². The molecule has 8 heteroatoms. The third-order valence-electron chi connectivity index (χ3n) is 4.18. The van der Waals surface area contributed by atoms with Crippen LogP contribution in [0.2, 0.25) is 0 Å². The van der Waals surface area contributed by atoms with Crippen LogP contribution in [0.25, 0.3) is 11.1 Å². The Balaban J connectivity index is 2.75. The molecular weight excluding hydrogens is 368 g/mol. The molecule has 0 aromatic heterocycles. The molecule has 8 nitrogen and oxygen atoms in total. The van der Waals surface area contributed by atoms with Crippen LogP contribution in [-0.2, 0) is 44.9 Å². The number of carbonyl (C=O) groups is 4. The average Bonchev–Trinajstić information content (AvgIpc) is 2.56. The Kier molecular flexibility index (Phi) is 6.49. The van der Waals surface area contributed by atoms with E-state index in [9.17, 15) is 29.4 Å². The summed E-state index contributed by atoms with van der Waals surface area (Å²) in [5, 5.41) is 36.8. The first kappa shape index (κ1) is 20.6. The van der Waals surface area contributed by atoms with Gasteiger partial charge in [0.05, 0.1) is 25.7 Å². The highest BCUT2D eigenvalue weighted by atomic mass is 16.4. The van der Waals surface area contributed by atoms with Crippen molar-refractivity contribution >= 4 is 23.9 Å². The quantitative estimate of drug-likeness (QED) is 0.510. The van der Waals surface area contributed by atoms with Crippen molar-refractivity contribution in [2.24, 2.45) is 0 Å². The lowest BCUT2D eigenvalue weighted by Gasteiger charge is -2.17. The molecule has 0 fully saturated rings. The molecule has 2 aromatic rings. The Bertz CT molecular complexity index is 868. The topological polar surface area (TPSA) is 149 Å². The molecule has 0 bridgehead atoms. The maximum Gasteiger partial charge on any atom is 0.307 e. The normalized spacial score (nSPS) is 10.4. The van der Waals surface area contributed by atoms with Crippen molar-refractivity contribution in [1.82, 2.24) is 0 Å². The molecule has 0 saturated heterocycles. The first-order chi connectivity index (χ1) is 13.2. The maximum absolute atomic E-state index is 11.3. The van der Waals surface area contributed by atoms with E-state index in [1.165, 1.54) is 12.1 Å². The Labute approximate surface area is 159 Å². The summed E-state index contributed by atoms with van der Waals surface area (Å²) in [6, 6.07) is 9.30. The fourth-order valence-electron chi connectivity index (χ4n) is 3.15. The van der Waals surface area contributed by atoms with Gasteiger partial charge in [0.25, 0.3) is 0 Å². The van der Waals surface area contributed by atoms with Gasteiger partial charge in [0.1, 0.15) is 0 Å². The van der Waals surface area contributed by atoms with Crippen LogP contribution in [-0.4, -0.2) is 44.3 Å². The van der Waals surface area contributed by atoms with Crippen molar-refractivity contribution in [3.05, 3.63) is 58.7 Å². The zero-order valence-electron chi connectivity index (χ0n) is 14.7. The van der Waals surface area contributed by atoms with Gasteiger partial charge < -0.3 is 20.4 Å². The first-order valence-electron chi connectivity index (χ1n) is 8.28. The number of carboxylic acid groups (broad SMARTS) is 4. The minimum absolute atomic E-state index is 0.261. The number of aliphatic carboxylic acids is 4. The molecular formula is C20H18O8. The molecule has 0 atom stereocenters. The van der Waals surface area contributed by atoms with Crippen molar-refractivity contribution in [2.75, 3.05) is 0 Å². The van der Waals surface area contributed by atoms with Crippen LogP contribution < -0.4 is 0 Å². The molecule has 0 heterocycles. The van der Waals surface area contributed by atoms with E-state index in [0.29, 0.717) is 22.3 Å². The van der Waals surface area contributed by atoms with Crippen LogP contribution in [0, 0.1) is 0 Å². The highest BCUT2D eigenvalue weighted by Crippen LogP contribution is 2.32. The second kappa shape index (κ2) is 8.81. The smallest absolute Gasteiger partial charge is 0.307 e. The van der Waals surface area contributed by atoms with Gasteiger partial charge in [-0.05, 0) is 33.4 Å². The third kappa shape index (κ3) is 5.16. The summed E-state index contributed by atoms with van der Waals surface area (Å²) < 4.78 is 0. The Morgan fingerprint density at radius 1 is 0.536 bits per heavy atom. The van der Waals surface area contributed by atoms with Crippen LogP contribution in [0.1, 0.15) is 22.3 Å². The number of hydrogen-bond acceptors (Lipinski definition) is 4. The van der Waals surface area contributed by atoms with Crippen LogP contribution in [0.15, 0.2) is 36.4 Å². The predicted molar refractivity (Wildman–Crippen MR) is 97.2 cm³/mol. The van der Waals surface area contributed by atoms with Crippen molar-refractivity contribution in [1.29, 1.82) is 0 Å². The first-order valence-corrected chi connectivity index (χ1v) is 8.28. The van der Waals surface area contributed by atoms with Crippen LogP contribution in [0.5, 0.6) is 0 Å². The van der Waals surface area contributed by atoms with E-state index in [0.717, 1.165) is 0 Å². The molecule has 0 aliphatic carbocycles. The second-order valence-corrected chi connectivity index (χ2v) is 6.17. The van der Waals surface area contributed by atoms with E-state index in [-0.39, 0.29) is 24.0 Å². The van der Waals surface area contributed by atoms with E-state index in [1.54, 1.807) is 24.3 Å². The molecule has 0 aliphatic heterocycles. The standard InChI is InChI=1S/C20H18O8/c21-17(22)7-11-3-1-5-13(15(11)9-19(25)26)14-6-2-4-12(8-18(23)24)16(14)10-20(27)28/h1-6H,7-10H2,(H,21,22)(H,23,24)(H,25,26)(H,27,28). The van der Waals surface area contributed by atoms with Gasteiger partial charge in [0, 0.05) is 0 Å². The zero-order valence-corrected chi connectivity index (χ0v) is 14.7. The lowest BCUT2D eigenvalue weighted by molar-refractivity contribution is -0.137. The van der Waals surface area contributed by atoms with E-state index in [1.807, 2.05) is 0 Å². The summed E-state index contributed by atoms with van der Waals surface area (Å²) in [6.07, 6.45) is -1.68. The number of rotatable bonds is 9. The highest BCUT2D eigenvalue weighted by molar-refractivity contribution is 5.84. The van der Waals surface area contributed by atoms with Gasteiger partial charge >= 0.3 is 23.9 Å². The van der Waals surface area contributed by atoms with Crippen molar-refractivity contribution in [3.63, 3.8) is 0 Å². The molecule has 0 spiro atoms. The number of hydrogen-bond donors (Lipinski definition) is 4. The van der Waals surface area contributed by atoms with Crippen molar-refractivity contribution in [2.45, 2.75) is 25.7 Å². The van der Waals surface area contributed by atoms with Crippen molar-refractivity contribution < 1.29 is 39.6 Å². The summed E-state index contributed by atoms with van der Waals surface area (Å²) in [5.41, 5.74) is 1.89. The largest absolute Gasteiger partial charge is 0.481 e. The molecule has 0 amide bonds. The third-order valence-corrected chi connectivity index (χ3v) is 4.18. The van der Waals surface area contributed by atoms with Gasteiger partial charge in [-0.15, -0.1) is 0 Å². The van der Waals surface area contributed by atoms with E-state index in [4.69, 9.17) is 10.2 Å². The summed E-state index contributed by atoms with van der Waals surface area (Å²) in [6.45, 7) is 0. The SMILES string of the molecule is O=C(O)Cc1cccc(-c2cccc(CC(=O)O)c2CC(=O)O)c1CC(=O)O. The van der Waals surface area contributed by atoms with E-state index >= 15 is 0 Å². The van der Waals surface area contributed by atoms with Crippen molar-refractivity contribution in [3.8, 4) is 11.1 Å². The number of carboxylic acids is 4. The van der Waals surface area contributed by atoms with Gasteiger partial charge in [-0.3, -0.25) is 19.2 Å². The molecule has 146 valence electrons. The summed E-state index contributed by atoms with van der Waals surface area (Å²) in [5.74, 6) is -4.59. The molecule has 4 N–H and O–H groups in total. The van der Waals surface area contributed by atoms with Gasteiger partial charge in [0.2, 0.25) is 0 Å². The second-order valence-electron chi connectivity index (χ2n) is 6.17. The average molecular weight is 386 g/mol. The minimum atomic E-state index is -1.17. The summed E-state index contributed by atoms with van der Waals surface area (Å²) in [4.78, 5) is 45.0. The Morgan fingerprint density at radius 3 is 1.14 bits per heavy atom. The Hall–Kier alpha value is -3.68. The molecule has 2 rings (SSSR count). The fraction of sp³-hybridized carbons (Fsp3) is 0.200. The van der Waals surface area contributed by atoms with Crippen LogP contribution in [0.3, 0.4) is 0 Å². The fourth-order valence-corrected chi connectivity index (χ4v) is 3.15. The molecule has 28 heavy (non-hydrogen) atoms. The summed E-state index contributed by atoms with van der Waals surface area (Å²) in [7, 11) is 0. The van der Waals surface area contributed by atoms with Gasteiger partial charge in [-0.2, -0.15) is 0 Å². The molecule has 0 unspecified atom stereocenters. The van der Waals surface area contributed by atoms with E-state index in [2.05, 4.69) is 0 Å². The molecule has 0 aliphatic rings. The minimum Gasteiger partial charge on any atom is -0.481 e. The highest BCUT2D eigenvalue weighted by Gasteiger charge is 2.20. The van der Waals surface area contributed by atoms with Crippen LogP contribution in [0.4, 0.5) is 0 Å². The van der Waals surface area contributed by atoms with Gasteiger partial charge in [-0.25, -0.2) is 0 Å². The summed E-state index contributed by atoms with van der Waals surface area (Å²) >= 11 is 0. The lowest BCUT2D eigenvalue weighted by Crippen LogP contribution is -2.12. The van der Waals surface area contributed by atoms with E-state index < -0.39 is 36.7 Å². The van der Waals surface area contributed by atoms with Gasteiger partial charge in [0.15, 0.2) is 0 Å². The maximum atomic E-state index is 11.3. The monoisotopic (exact) mass is 386 g/mol.